The van der Waals surface area contributed by atoms with Gasteiger partial charge in [-0.25, -0.2) is 0 Å². The number of fused-ring (bicyclic) bond motifs is 2. The first kappa shape index (κ1) is 27.2. The minimum Gasteiger partial charge on any atom is -0.507 e. The molecule has 3 rings (SSSR count). The summed E-state index contributed by atoms with van der Waals surface area (Å²) in [6, 6.07) is 0. The monoisotopic (exact) mass is 521 g/mol. The smallest absolute Gasteiger partial charge is 0.438 e. The van der Waals surface area contributed by atoms with Gasteiger partial charge in [-0.1, -0.05) is 23.3 Å². The number of hydrogen-bond donors (Lipinski definition) is 2. The van der Waals surface area contributed by atoms with Crippen LogP contribution in [0, 0.1) is 12.3 Å². The number of halogens is 2. The number of carbonyl (C=O) groups is 2. The number of phenols is 2. The minimum atomic E-state index is -1.93. The average Bonchev–Trinajstić information content (AvgIpc) is 2.77. The Morgan fingerprint density at radius 3 is 2.34 bits per heavy atom. The van der Waals surface area contributed by atoms with Crippen molar-refractivity contribution in [2.75, 3.05) is 0 Å². The van der Waals surface area contributed by atoms with Crippen LogP contribution in [-0.4, -0.2) is 43.2 Å². The Labute approximate surface area is 215 Å². The maximum absolute atomic E-state index is 14.2. The van der Waals surface area contributed by atoms with Gasteiger partial charge >= 0.3 is 5.69 Å². The van der Waals surface area contributed by atoms with Crippen molar-refractivity contribution < 1.29 is 24.5 Å². The van der Waals surface area contributed by atoms with Crippen LogP contribution in [0.15, 0.2) is 23.3 Å². The van der Waals surface area contributed by atoms with Crippen molar-refractivity contribution in [3.8, 4) is 11.5 Å². The second kappa shape index (κ2) is 9.24. The third kappa shape index (κ3) is 4.16. The van der Waals surface area contributed by atoms with Gasteiger partial charge in [-0.05, 0) is 60.8 Å². The lowest BCUT2D eigenvalue weighted by Gasteiger charge is -2.56. The number of rotatable bonds is 5. The van der Waals surface area contributed by atoms with E-state index >= 15 is 0 Å². The number of alkyl halides is 2. The molecule has 2 aliphatic rings. The summed E-state index contributed by atoms with van der Waals surface area (Å²) in [5.74, 6) is -2.73. The molecule has 1 aliphatic carbocycles. The van der Waals surface area contributed by atoms with Crippen molar-refractivity contribution in [2.45, 2.75) is 88.7 Å². The van der Waals surface area contributed by atoms with Crippen LogP contribution in [0.25, 0.3) is 4.98 Å². The molecule has 0 aromatic heterocycles. The number of ketones is 2. The molecular formula is C26H31Cl2N2O5+. The van der Waals surface area contributed by atoms with E-state index < -0.39 is 61.3 Å². The zero-order valence-electron chi connectivity index (χ0n) is 20.8. The molecule has 0 radical (unpaired) electrons. The Balaban J connectivity index is 2.27. The standard InChI is InChI=1S/C26H30Cl2N2O5/c1-13(2)8-7-9-14(3)10-11-26-23(34)17-18(20(31)15(4)21(32)19(17)30-29)22(33)25(26,28)12-16(27)24(5,6)35-26/h8,10,16H,7,9,11-12H2,1-6H3,(H-,31,32,33)/p+1/b14-10+. The topological polar surface area (TPSA) is 112 Å². The first-order valence-corrected chi connectivity index (χ1v) is 12.3. The fourth-order valence-corrected chi connectivity index (χ4v) is 5.64. The molecule has 0 saturated carbocycles. The van der Waals surface area contributed by atoms with E-state index in [-0.39, 0.29) is 18.4 Å². The third-order valence-electron chi connectivity index (χ3n) is 7.06. The van der Waals surface area contributed by atoms with Crippen molar-refractivity contribution in [3.05, 3.63) is 45.0 Å². The van der Waals surface area contributed by atoms with E-state index in [0.29, 0.717) is 0 Å². The molecule has 0 spiro atoms. The lowest BCUT2D eigenvalue weighted by atomic mass is 9.63. The summed E-state index contributed by atoms with van der Waals surface area (Å²) in [5.41, 5.74) is -2.22. The predicted molar refractivity (Wildman–Crippen MR) is 136 cm³/mol. The first-order chi connectivity index (χ1) is 16.1. The molecule has 1 aromatic carbocycles. The Kier molecular flexibility index (Phi) is 7.18. The molecule has 2 N–H and O–H groups in total. The quantitative estimate of drug-likeness (QED) is 0.248. The molecule has 3 atom stereocenters. The van der Waals surface area contributed by atoms with Gasteiger partial charge in [-0.2, -0.15) is 0 Å². The number of Topliss-reactive ketones (excluding diaryl/α,β-unsaturated/α-hetero) is 2. The van der Waals surface area contributed by atoms with Crippen LogP contribution in [-0.2, 0) is 4.74 Å². The highest BCUT2D eigenvalue weighted by Crippen LogP contribution is 2.59. The number of phenolic OH excluding ortho intramolecular Hbond substituents is 2. The van der Waals surface area contributed by atoms with E-state index in [1.54, 1.807) is 13.8 Å². The molecule has 1 saturated heterocycles. The molecule has 7 nitrogen and oxygen atoms in total. The van der Waals surface area contributed by atoms with E-state index in [1.807, 2.05) is 26.8 Å². The zero-order chi connectivity index (χ0) is 26.5. The van der Waals surface area contributed by atoms with Gasteiger partial charge in [0.2, 0.25) is 16.9 Å². The van der Waals surface area contributed by atoms with Gasteiger partial charge in [0.15, 0.2) is 16.4 Å². The van der Waals surface area contributed by atoms with Gasteiger partial charge < -0.3 is 14.9 Å². The van der Waals surface area contributed by atoms with E-state index in [2.05, 4.69) is 11.1 Å². The fraction of sp³-hybridized carbons (Fsp3) is 0.538. The minimum absolute atomic E-state index is 0.0471. The van der Waals surface area contributed by atoms with E-state index in [0.717, 1.165) is 18.4 Å². The van der Waals surface area contributed by atoms with Gasteiger partial charge in [-0.3, -0.25) is 9.59 Å². The van der Waals surface area contributed by atoms with Crippen LogP contribution in [0.2, 0.25) is 0 Å². The van der Waals surface area contributed by atoms with Crippen LogP contribution < -0.4 is 0 Å². The van der Waals surface area contributed by atoms with Crippen LogP contribution in [0.3, 0.4) is 0 Å². The molecule has 188 valence electrons. The number of aromatic hydroxyl groups is 2. The van der Waals surface area contributed by atoms with E-state index in [4.69, 9.17) is 27.9 Å². The van der Waals surface area contributed by atoms with E-state index in [9.17, 15) is 25.2 Å². The van der Waals surface area contributed by atoms with Crippen molar-refractivity contribution in [1.82, 2.24) is 0 Å². The molecule has 1 aliphatic heterocycles. The number of benzene rings is 1. The average molecular weight is 522 g/mol. The third-order valence-corrected chi connectivity index (χ3v) is 8.37. The lowest BCUT2D eigenvalue weighted by molar-refractivity contribution is -0.157. The number of nitrogens with zero attached hydrogens (tertiary/aromatic N) is 2. The summed E-state index contributed by atoms with van der Waals surface area (Å²) >= 11 is 13.6. The van der Waals surface area contributed by atoms with Crippen molar-refractivity contribution >= 4 is 40.5 Å². The molecule has 3 unspecified atom stereocenters. The highest BCUT2D eigenvalue weighted by atomic mass is 35.5. The molecule has 9 heteroatoms. The normalized spacial score (nSPS) is 27.6. The fourth-order valence-electron chi connectivity index (χ4n) is 4.83. The number of allylic oxidation sites excluding steroid dienone is 3. The Bertz CT molecular complexity index is 1210. The highest BCUT2D eigenvalue weighted by Gasteiger charge is 2.71. The Morgan fingerprint density at radius 1 is 1.14 bits per heavy atom. The summed E-state index contributed by atoms with van der Waals surface area (Å²) in [6.07, 6.45) is 5.32. The molecular weight excluding hydrogens is 491 g/mol. The van der Waals surface area contributed by atoms with Gasteiger partial charge in [0.1, 0.15) is 16.2 Å². The van der Waals surface area contributed by atoms with Gasteiger partial charge in [0.05, 0.1) is 16.5 Å². The molecule has 0 bridgehead atoms. The largest absolute Gasteiger partial charge is 0.507 e. The second-order valence-electron chi connectivity index (χ2n) is 10.3. The second-order valence-corrected chi connectivity index (χ2v) is 11.4. The summed E-state index contributed by atoms with van der Waals surface area (Å²) in [6.45, 7) is 10.7. The maximum Gasteiger partial charge on any atom is 0.438 e. The molecule has 35 heavy (non-hydrogen) atoms. The van der Waals surface area contributed by atoms with Gasteiger partial charge in [-0.15, -0.1) is 23.2 Å². The number of carbonyl (C=O) groups excluding carboxylic acids is 2. The summed E-state index contributed by atoms with van der Waals surface area (Å²) in [4.78, 5) is 29.3. The predicted octanol–water partition coefficient (Wildman–Crippen LogP) is 6.88. The molecule has 1 aromatic rings. The summed E-state index contributed by atoms with van der Waals surface area (Å²) in [7, 11) is 0. The van der Waals surface area contributed by atoms with Gasteiger partial charge in [0.25, 0.3) is 0 Å². The molecule has 1 heterocycles. The summed E-state index contributed by atoms with van der Waals surface area (Å²) < 4.78 is 6.35. The zero-order valence-corrected chi connectivity index (χ0v) is 22.3. The van der Waals surface area contributed by atoms with Crippen LogP contribution in [0.1, 0.15) is 86.6 Å². The lowest BCUT2D eigenvalue weighted by Crippen LogP contribution is -2.72. The Morgan fingerprint density at radius 2 is 1.77 bits per heavy atom. The van der Waals surface area contributed by atoms with Crippen LogP contribution in [0.5, 0.6) is 11.5 Å². The molecule has 1 fully saturated rings. The SMILES string of the molecule is CC(C)=CCC/C(C)=C/CC12OC(C)(C)C(Cl)CC1(Cl)C(=O)c1c(O)c(C)c(O)c([N+]#N)c1C2=O. The first-order valence-electron chi connectivity index (χ1n) is 11.5. The number of ether oxygens (including phenoxy) is 1. The maximum atomic E-state index is 14.2. The van der Waals surface area contributed by atoms with E-state index in [1.165, 1.54) is 12.5 Å². The molecule has 0 amide bonds. The van der Waals surface area contributed by atoms with Gasteiger partial charge in [0, 0.05) is 12.0 Å². The highest BCUT2D eigenvalue weighted by molar-refractivity contribution is 6.46. The van der Waals surface area contributed by atoms with Crippen LogP contribution >= 0.6 is 23.2 Å². The Hall–Kier alpha value is -2.40. The van der Waals surface area contributed by atoms with Crippen molar-refractivity contribution in [1.29, 1.82) is 5.39 Å². The number of hydrogen-bond acceptors (Lipinski definition) is 6. The van der Waals surface area contributed by atoms with Crippen LogP contribution in [0.4, 0.5) is 5.69 Å². The summed E-state index contributed by atoms with van der Waals surface area (Å²) in [5, 5.41) is 30.2. The van der Waals surface area contributed by atoms with Crippen molar-refractivity contribution in [3.63, 3.8) is 0 Å². The number of diazo groups is 1. The van der Waals surface area contributed by atoms with Crippen molar-refractivity contribution in [2.24, 2.45) is 0 Å².